The molecule has 4 aromatic rings. The van der Waals surface area contributed by atoms with Gasteiger partial charge in [-0.1, -0.05) is 11.6 Å². The standard InChI is InChI=1S/C30H35ClN9O3P/c1-38(2)20-16-30(17-20)9-13-39(14-10-30)24-8-5-19(15-25(24)40(41)42)35-29-34-18-21(31)28(37-29)36-23-7-6-22-26(33-12-11-32-22)27(23)44(3,4)43/h5-8,11-12,15,18,20H,9-10,13-14,16-17H2,1-4H3,(H2,34,35,36,37). The molecule has 0 amide bonds. The zero-order valence-electron chi connectivity index (χ0n) is 25.1. The second-order valence-corrected chi connectivity index (χ2v) is 15.9. The predicted octanol–water partition coefficient (Wildman–Crippen LogP) is 6.03. The van der Waals surface area contributed by atoms with Crippen molar-refractivity contribution < 1.29 is 9.49 Å². The molecule has 230 valence electrons. The third-order valence-electron chi connectivity index (χ3n) is 8.81. The molecule has 2 aromatic carbocycles. The van der Waals surface area contributed by atoms with E-state index in [0.717, 1.165) is 25.9 Å². The van der Waals surface area contributed by atoms with E-state index < -0.39 is 7.14 Å². The van der Waals surface area contributed by atoms with Crippen LogP contribution in [0.3, 0.4) is 0 Å². The summed E-state index contributed by atoms with van der Waals surface area (Å²) < 4.78 is 13.3. The summed E-state index contributed by atoms with van der Waals surface area (Å²) in [6, 6.07) is 9.30. The summed E-state index contributed by atoms with van der Waals surface area (Å²) in [7, 11) is 1.46. The van der Waals surface area contributed by atoms with Gasteiger partial charge >= 0.3 is 0 Å². The Kier molecular flexibility index (Phi) is 7.94. The molecular weight excluding hydrogens is 601 g/mol. The minimum atomic E-state index is -2.80. The van der Waals surface area contributed by atoms with Gasteiger partial charge in [-0.05, 0) is 82.8 Å². The number of aromatic nitrogens is 4. The fourth-order valence-corrected chi connectivity index (χ4v) is 7.92. The van der Waals surface area contributed by atoms with Crippen molar-refractivity contribution in [3.63, 3.8) is 0 Å². The van der Waals surface area contributed by atoms with Crippen LogP contribution in [-0.4, -0.2) is 76.3 Å². The summed E-state index contributed by atoms with van der Waals surface area (Å²) in [5.74, 6) is 0.473. The summed E-state index contributed by atoms with van der Waals surface area (Å²) in [4.78, 5) is 33.8. The Morgan fingerprint density at radius 2 is 1.80 bits per heavy atom. The second-order valence-electron chi connectivity index (χ2n) is 12.4. The van der Waals surface area contributed by atoms with Gasteiger partial charge in [0.1, 0.15) is 23.4 Å². The number of hydrogen-bond acceptors (Lipinski definition) is 11. The fourth-order valence-electron chi connectivity index (χ4n) is 6.39. The van der Waals surface area contributed by atoms with Crippen LogP contribution in [0.2, 0.25) is 5.02 Å². The van der Waals surface area contributed by atoms with E-state index >= 15 is 0 Å². The lowest BCUT2D eigenvalue weighted by molar-refractivity contribution is -0.384. The molecule has 2 aromatic heterocycles. The highest BCUT2D eigenvalue weighted by molar-refractivity contribution is 7.71. The summed E-state index contributed by atoms with van der Waals surface area (Å²) in [5.41, 5.74) is 3.20. The molecule has 2 fully saturated rings. The van der Waals surface area contributed by atoms with Crippen LogP contribution in [0.25, 0.3) is 11.0 Å². The molecule has 0 atom stereocenters. The maximum absolute atomic E-state index is 13.3. The van der Waals surface area contributed by atoms with Crippen molar-refractivity contribution in [2.45, 2.75) is 31.7 Å². The van der Waals surface area contributed by atoms with Crippen molar-refractivity contribution in [1.29, 1.82) is 0 Å². The molecule has 3 heterocycles. The summed E-state index contributed by atoms with van der Waals surface area (Å²) in [6.45, 7) is 4.94. The van der Waals surface area contributed by atoms with Crippen molar-refractivity contribution in [3.05, 3.63) is 64.1 Å². The van der Waals surface area contributed by atoms with Crippen LogP contribution in [0, 0.1) is 15.5 Å². The first-order valence-electron chi connectivity index (χ1n) is 14.5. The third-order valence-corrected chi connectivity index (χ3v) is 10.6. The summed E-state index contributed by atoms with van der Waals surface area (Å²) in [6.07, 6.45) is 9.06. The lowest BCUT2D eigenvalue weighted by Crippen LogP contribution is -2.53. The van der Waals surface area contributed by atoms with Gasteiger partial charge in [-0.25, -0.2) is 4.98 Å². The van der Waals surface area contributed by atoms with Gasteiger partial charge in [0.05, 0.1) is 27.6 Å². The predicted molar refractivity (Wildman–Crippen MR) is 176 cm³/mol. The average molecular weight is 636 g/mol. The van der Waals surface area contributed by atoms with Gasteiger partial charge in [-0.3, -0.25) is 20.1 Å². The van der Waals surface area contributed by atoms with Crippen LogP contribution in [-0.2, 0) is 4.57 Å². The Morgan fingerprint density at radius 3 is 2.48 bits per heavy atom. The van der Waals surface area contributed by atoms with Crippen LogP contribution in [0.1, 0.15) is 25.7 Å². The number of rotatable bonds is 8. The van der Waals surface area contributed by atoms with Crippen LogP contribution in [0.5, 0.6) is 0 Å². The van der Waals surface area contributed by atoms with Crippen LogP contribution in [0.15, 0.2) is 48.9 Å². The van der Waals surface area contributed by atoms with Gasteiger partial charge in [-0.15, -0.1) is 0 Å². The smallest absolute Gasteiger partial charge is 0.294 e. The maximum Gasteiger partial charge on any atom is 0.294 e. The van der Waals surface area contributed by atoms with Crippen LogP contribution >= 0.6 is 18.7 Å². The van der Waals surface area contributed by atoms with Crippen molar-refractivity contribution in [2.75, 3.05) is 56.0 Å². The SMILES string of the molecule is CN(C)C1CC2(CCN(c3ccc(Nc4ncc(Cl)c(Nc5ccc6nccnc6c5P(C)(C)=O)n4)cc3[N+](=O)[O-])CC2)C1. The molecule has 0 radical (unpaired) electrons. The van der Waals surface area contributed by atoms with Crippen molar-refractivity contribution in [2.24, 2.45) is 5.41 Å². The Bertz CT molecular complexity index is 1780. The highest BCUT2D eigenvalue weighted by atomic mass is 35.5. The summed E-state index contributed by atoms with van der Waals surface area (Å²) in [5, 5.41) is 19.2. The van der Waals surface area contributed by atoms with Gasteiger partial charge in [0.2, 0.25) is 5.95 Å². The highest BCUT2D eigenvalue weighted by Gasteiger charge is 2.46. The Morgan fingerprint density at radius 1 is 1.07 bits per heavy atom. The molecule has 1 spiro atoms. The fraction of sp³-hybridized carbons (Fsp3) is 0.400. The first-order chi connectivity index (χ1) is 20.9. The monoisotopic (exact) mass is 635 g/mol. The number of nitrogens with zero attached hydrogens (tertiary/aromatic N) is 7. The molecule has 6 rings (SSSR count). The molecule has 1 aliphatic heterocycles. The lowest BCUT2D eigenvalue weighted by atomic mass is 9.60. The number of halogens is 1. The number of nitro benzene ring substituents is 1. The molecular formula is C30H35ClN9O3P. The van der Waals surface area contributed by atoms with E-state index in [2.05, 4.69) is 54.5 Å². The quantitative estimate of drug-likeness (QED) is 0.133. The van der Waals surface area contributed by atoms with Crippen LogP contribution in [0.4, 0.5) is 34.5 Å². The van der Waals surface area contributed by atoms with Gasteiger partial charge in [-0.2, -0.15) is 4.98 Å². The van der Waals surface area contributed by atoms with E-state index in [-0.39, 0.29) is 27.4 Å². The lowest BCUT2D eigenvalue weighted by Gasteiger charge is -2.54. The minimum absolute atomic E-state index is 0.0293. The topological polar surface area (TPSA) is 142 Å². The molecule has 0 unspecified atom stereocenters. The second kappa shape index (κ2) is 11.6. The van der Waals surface area contributed by atoms with Crippen molar-refractivity contribution >= 4 is 69.6 Å². The van der Waals surface area contributed by atoms with Gasteiger partial charge in [0, 0.05) is 43.3 Å². The average Bonchev–Trinajstić information content (AvgIpc) is 2.96. The van der Waals surface area contributed by atoms with E-state index in [1.54, 1.807) is 50.0 Å². The van der Waals surface area contributed by atoms with E-state index in [4.69, 9.17) is 11.6 Å². The van der Waals surface area contributed by atoms with E-state index in [1.165, 1.54) is 25.1 Å². The van der Waals surface area contributed by atoms with E-state index in [9.17, 15) is 14.7 Å². The number of benzene rings is 2. The molecule has 2 aliphatic rings. The molecule has 14 heteroatoms. The minimum Gasteiger partial charge on any atom is -0.366 e. The number of nitro groups is 1. The van der Waals surface area contributed by atoms with Crippen molar-refractivity contribution in [3.8, 4) is 0 Å². The maximum atomic E-state index is 13.3. The normalized spacial score (nSPS) is 16.7. The number of piperidine rings is 1. The first kappa shape index (κ1) is 30.2. The molecule has 1 aliphatic carbocycles. The number of hydrogen-bond donors (Lipinski definition) is 2. The largest absolute Gasteiger partial charge is 0.366 e. The summed E-state index contributed by atoms with van der Waals surface area (Å²) >= 11 is 6.46. The molecule has 44 heavy (non-hydrogen) atoms. The highest BCUT2D eigenvalue weighted by Crippen LogP contribution is 2.51. The van der Waals surface area contributed by atoms with Crippen LogP contribution < -0.4 is 20.8 Å². The molecule has 2 N–H and O–H groups in total. The van der Waals surface area contributed by atoms with Gasteiger partial charge < -0.3 is 25.0 Å². The van der Waals surface area contributed by atoms with E-state index in [1.807, 2.05) is 0 Å². The zero-order valence-corrected chi connectivity index (χ0v) is 26.8. The number of anilines is 5. The Labute approximate surface area is 260 Å². The van der Waals surface area contributed by atoms with Gasteiger partial charge in [0.15, 0.2) is 5.82 Å². The van der Waals surface area contributed by atoms with Gasteiger partial charge in [0.25, 0.3) is 5.69 Å². The Balaban J connectivity index is 1.22. The first-order valence-corrected chi connectivity index (χ1v) is 17.5. The van der Waals surface area contributed by atoms with E-state index in [0.29, 0.717) is 44.9 Å². The molecule has 1 saturated carbocycles. The molecule has 12 nitrogen and oxygen atoms in total. The zero-order chi connectivity index (χ0) is 31.2. The third kappa shape index (κ3) is 5.94. The Hall–Kier alpha value is -3.86. The number of nitrogens with one attached hydrogen (secondary N) is 2. The van der Waals surface area contributed by atoms with Crippen molar-refractivity contribution in [1.82, 2.24) is 24.8 Å². The molecule has 1 saturated heterocycles. The number of fused-ring (bicyclic) bond motifs is 1. The molecule has 0 bridgehead atoms.